The second-order valence-corrected chi connectivity index (χ2v) is 7.64. The van der Waals surface area contributed by atoms with Crippen molar-refractivity contribution in [2.24, 2.45) is 0 Å². The van der Waals surface area contributed by atoms with Crippen molar-refractivity contribution in [1.29, 1.82) is 0 Å². The van der Waals surface area contributed by atoms with E-state index in [4.69, 9.17) is 0 Å². The third-order valence-corrected chi connectivity index (χ3v) is 5.97. The van der Waals surface area contributed by atoms with Crippen LogP contribution >= 0.6 is 23.1 Å². The number of hydrogen-bond donors (Lipinski definition) is 0. The highest BCUT2D eigenvalue weighted by atomic mass is 32.2. The third-order valence-electron chi connectivity index (χ3n) is 4.03. The summed E-state index contributed by atoms with van der Waals surface area (Å²) < 4.78 is 16.3. The van der Waals surface area contributed by atoms with Gasteiger partial charge in [0.25, 0.3) is 5.56 Å². The number of benzene rings is 2. The number of thioether (sulfide) groups is 1. The van der Waals surface area contributed by atoms with E-state index in [1.165, 1.54) is 29.2 Å². The average molecular weight is 382 g/mol. The van der Waals surface area contributed by atoms with Crippen LogP contribution in [-0.2, 0) is 12.3 Å². The first-order valence-corrected chi connectivity index (χ1v) is 9.97. The molecule has 2 aromatic heterocycles. The Hall–Kier alpha value is -2.44. The molecule has 0 atom stereocenters. The number of rotatable bonds is 5. The van der Waals surface area contributed by atoms with Crippen molar-refractivity contribution in [2.45, 2.75) is 17.5 Å². The van der Waals surface area contributed by atoms with Gasteiger partial charge in [0.15, 0.2) is 5.16 Å². The van der Waals surface area contributed by atoms with Gasteiger partial charge in [0.1, 0.15) is 10.5 Å². The topological polar surface area (TPSA) is 34.9 Å². The van der Waals surface area contributed by atoms with Crippen LogP contribution in [0.4, 0.5) is 4.39 Å². The van der Waals surface area contributed by atoms with Crippen molar-refractivity contribution >= 4 is 33.3 Å². The average Bonchev–Trinajstić information content (AvgIpc) is 3.14. The molecular weight excluding hydrogens is 367 g/mol. The van der Waals surface area contributed by atoms with Crippen LogP contribution in [0.5, 0.6) is 0 Å². The predicted octanol–water partition coefficient (Wildman–Crippen LogP) is 4.94. The van der Waals surface area contributed by atoms with Crippen LogP contribution < -0.4 is 5.56 Å². The largest absolute Gasteiger partial charge is 0.282 e. The predicted molar refractivity (Wildman–Crippen MR) is 105 cm³/mol. The SMILES string of the molecule is O=c1c2sccc2nc(SCc2ccccc2)n1Cc1ccccc1F. The number of halogens is 1. The van der Waals surface area contributed by atoms with E-state index in [1.807, 2.05) is 41.8 Å². The molecule has 0 saturated carbocycles. The van der Waals surface area contributed by atoms with Crippen LogP contribution in [0.15, 0.2) is 76.0 Å². The smallest absolute Gasteiger partial charge is 0.272 e. The minimum atomic E-state index is -0.315. The number of thiophene rings is 1. The number of nitrogens with zero attached hydrogens (tertiary/aromatic N) is 2. The van der Waals surface area contributed by atoms with Crippen molar-refractivity contribution in [3.8, 4) is 0 Å². The Morgan fingerprint density at radius 3 is 2.62 bits per heavy atom. The summed E-state index contributed by atoms with van der Waals surface area (Å²) in [6, 6.07) is 18.4. The van der Waals surface area contributed by atoms with E-state index in [9.17, 15) is 9.18 Å². The summed E-state index contributed by atoms with van der Waals surface area (Å²) in [5.41, 5.74) is 2.20. The monoisotopic (exact) mass is 382 g/mol. The summed E-state index contributed by atoms with van der Waals surface area (Å²) >= 11 is 2.86. The lowest BCUT2D eigenvalue weighted by Crippen LogP contribution is -2.23. The highest BCUT2D eigenvalue weighted by molar-refractivity contribution is 7.98. The van der Waals surface area contributed by atoms with E-state index in [0.29, 0.717) is 26.7 Å². The molecule has 26 heavy (non-hydrogen) atoms. The molecule has 0 bridgehead atoms. The molecule has 130 valence electrons. The molecule has 0 saturated heterocycles. The van der Waals surface area contributed by atoms with Gasteiger partial charge in [-0.15, -0.1) is 11.3 Å². The Kier molecular flexibility index (Phi) is 4.86. The zero-order valence-electron chi connectivity index (χ0n) is 13.8. The third kappa shape index (κ3) is 3.43. The molecule has 0 radical (unpaired) electrons. The van der Waals surface area contributed by atoms with Gasteiger partial charge >= 0.3 is 0 Å². The van der Waals surface area contributed by atoms with Crippen LogP contribution in [0.25, 0.3) is 10.2 Å². The van der Waals surface area contributed by atoms with Crippen LogP contribution in [0, 0.1) is 5.82 Å². The van der Waals surface area contributed by atoms with Crippen molar-refractivity contribution in [1.82, 2.24) is 9.55 Å². The van der Waals surface area contributed by atoms with Crippen LogP contribution in [0.3, 0.4) is 0 Å². The Morgan fingerprint density at radius 2 is 1.81 bits per heavy atom. The molecule has 0 aliphatic heterocycles. The number of hydrogen-bond acceptors (Lipinski definition) is 4. The summed E-state index contributed by atoms with van der Waals surface area (Å²) in [4.78, 5) is 17.6. The highest BCUT2D eigenvalue weighted by Gasteiger charge is 2.14. The van der Waals surface area contributed by atoms with Gasteiger partial charge in [-0.25, -0.2) is 9.37 Å². The lowest BCUT2D eigenvalue weighted by Gasteiger charge is -2.12. The Morgan fingerprint density at radius 1 is 1.04 bits per heavy atom. The zero-order chi connectivity index (χ0) is 17.9. The number of aromatic nitrogens is 2. The van der Waals surface area contributed by atoms with Gasteiger partial charge in [-0.3, -0.25) is 9.36 Å². The van der Waals surface area contributed by atoms with E-state index < -0.39 is 0 Å². The Balaban J connectivity index is 1.75. The molecule has 4 aromatic rings. The van der Waals surface area contributed by atoms with Crippen LogP contribution in [-0.4, -0.2) is 9.55 Å². The fraction of sp³-hybridized carbons (Fsp3) is 0.100. The second kappa shape index (κ2) is 7.43. The molecule has 0 amide bonds. The standard InChI is InChI=1S/C20H15FN2OS2/c21-16-9-5-4-8-15(16)12-23-19(24)18-17(10-11-25-18)22-20(23)26-13-14-6-2-1-3-7-14/h1-11H,12-13H2. The quantitative estimate of drug-likeness (QED) is 0.362. The Labute approximate surface area is 158 Å². The van der Waals surface area contributed by atoms with Crippen molar-refractivity contribution in [3.63, 3.8) is 0 Å². The first-order chi connectivity index (χ1) is 12.7. The van der Waals surface area contributed by atoms with E-state index in [2.05, 4.69) is 4.98 Å². The fourth-order valence-electron chi connectivity index (χ4n) is 2.69. The van der Waals surface area contributed by atoms with Crippen LogP contribution in [0.2, 0.25) is 0 Å². The van der Waals surface area contributed by atoms with Gasteiger partial charge in [-0.2, -0.15) is 0 Å². The van der Waals surface area contributed by atoms with E-state index in [-0.39, 0.29) is 17.9 Å². The van der Waals surface area contributed by atoms with Gasteiger partial charge < -0.3 is 0 Å². The van der Waals surface area contributed by atoms with E-state index in [1.54, 1.807) is 22.8 Å². The molecule has 0 aliphatic rings. The molecule has 6 heteroatoms. The molecule has 0 spiro atoms. The molecule has 0 aliphatic carbocycles. The second-order valence-electron chi connectivity index (χ2n) is 5.79. The first-order valence-electron chi connectivity index (χ1n) is 8.10. The maximum Gasteiger partial charge on any atom is 0.272 e. The lowest BCUT2D eigenvalue weighted by molar-refractivity contribution is 0.580. The summed E-state index contributed by atoms with van der Waals surface area (Å²) in [6.07, 6.45) is 0. The van der Waals surface area contributed by atoms with Gasteiger partial charge in [0.2, 0.25) is 0 Å². The van der Waals surface area contributed by atoms with Gasteiger partial charge in [-0.05, 0) is 23.1 Å². The molecule has 2 aromatic carbocycles. The normalized spacial score (nSPS) is 11.1. The van der Waals surface area contributed by atoms with Crippen molar-refractivity contribution in [3.05, 3.63) is 93.3 Å². The number of fused-ring (bicyclic) bond motifs is 1. The van der Waals surface area contributed by atoms with Crippen LogP contribution in [0.1, 0.15) is 11.1 Å². The van der Waals surface area contributed by atoms with Crippen molar-refractivity contribution in [2.75, 3.05) is 0 Å². The van der Waals surface area contributed by atoms with Gasteiger partial charge in [0, 0.05) is 11.3 Å². The molecule has 0 unspecified atom stereocenters. The zero-order valence-corrected chi connectivity index (χ0v) is 15.4. The van der Waals surface area contributed by atoms with E-state index in [0.717, 1.165) is 5.56 Å². The van der Waals surface area contributed by atoms with Crippen molar-refractivity contribution < 1.29 is 4.39 Å². The summed E-state index contributed by atoms with van der Waals surface area (Å²) in [6.45, 7) is 0.170. The summed E-state index contributed by atoms with van der Waals surface area (Å²) in [5.74, 6) is 0.380. The molecular formula is C20H15FN2OS2. The molecule has 0 fully saturated rings. The Bertz CT molecular complexity index is 1110. The summed E-state index contributed by atoms with van der Waals surface area (Å²) in [7, 11) is 0. The summed E-state index contributed by atoms with van der Waals surface area (Å²) in [5, 5.41) is 2.46. The maximum absolute atomic E-state index is 14.1. The minimum absolute atomic E-state index is 0.121. The maximum atomic E-state index is 14.1. The highest BCUT2D eigenvalue weighted by Crippen LogP contribution is 2.24. The fourth-order valence-corrected chi connectivity index (χ4v) is 4.43. The first kappa shape index (κ1) is 17.0. The molecule has 4 rings (SSSR count). The lowest BCUT2D eigenvalue weighted by atomic mass is 10.2. The van der Waals surface area contributed by atoms with Gasteiger partial charge in [-0.1, -0.05) is 60.3 Å². The minimum Gasteiger partial charge on any atom is -0.282 e. The molecule has 0 N–H and O–H groups in total. The van der Waals surface area contributed by atoms with E-state index >= 15 is 0 Å². The molecule has 2 heterocycles. The van der Waals surface area contributed by atoms with Gasteiger partial charge in [0.05, 0.1) is 12.1 Å². The molecule has 3 nitrogen and oxygen atoms in total.